The number of nitrogens with two attached hydrogens (primary N) is 1. The summed E-state index contributed by atoms with van der Waals surface area (Å²) in [5.74, 6) is -0.691. The topological polar surface area (TPSA) is 85.1 Å². The minimum Gasteiger partial charge on any atom is -0.329 e. The molecule has 0 saturated carbocycles. The van der Waals surface area contributed by atoms with Crippen molar-refractivity contribution < 1.29 is 12.8 Å². The highest BCUT2D eigenvalue weighted by Gasteiger charge is 2.31. The van der Waals surface area contributed by atoms with Crippen LogP contribution in [0.4, 0.5) is 4.39 Å². The molecule has 3 N–H and O–H groups in total. The van der Waals surface area contributed by atoms with Crippen LogP contribution in [0.3, 0.4) is 0 Å². The van der Waals surface area contributed by atoms with Gasteiger partial charge in [-0.3, -0.25) is 4.98 Å². The molecule has 7 heteroatoms. The van der Waals surface area contributed by atoms with E-state index in [-0.39, 0.29) is 11.4 Å². The van der Waals surface area contributed by atoms with Gasteiger partial charge in [0.2, 0.25) is 10.0 Å². The summed E-state index contributed by atoms with van der Waals surface area (Å²) in [6, 6.07) is 0.932. The standard InChI is InChI=1S/C11H18FN3O2S/c1-3-11(4-2,8-13)15-18(16,17)10-5-9(12)6-14-7-10/h5-7,15H,3-4,8,13H2,1-2H3. The smallest absolute Gasteiger partial charge is 0.242 e. The second kappa shape index (κ2) is 5.73. The zero-order valence-electron chi connectivity index (χ0n) is 10.5. The van der Waals surface area contributed by atoms with Crippen molar-refractivity contribution in [1.29, 1.82) is 0 Å². The summed E-state index contributed by atoms with van der Waals surface area (Å²) in [5, 5.41) is 0. The normalized spacial score (nSPS) is 12.7. The van der Waals surface area contributed by atoms with E-state index in [0.29, 0.717) is 12.8 Å². The molecule has 1 rings (SSSR count). The molecule has 0 aliphatic carbocycles. The quantitative estimate of drug-likeness (QED) is 0.811. The first-order valence-corrected chi connectivity index (χ1v) is 7.22. The Morgan fingerprint density at radius 1 is 1.39 bits per heavy atom. The van der Waals surface area contributed by atoms with Crippen LogP contribution in [0.1, 0.15) is 26.7 Å². The number of rotatable bonds is 6. The first-order chi connectivity index (χ1) is 8.39. The lowest BCUT2D eigenvalue weighted by molar-refractivity contribution is 0.363. The summed E-state index contributed by atoms with van der Waals surface area (Å²) in [5.41, 5.74) is 4.92. The van der Waals surface area contributed by atoms with Gasteiger partial charge >= 0.3 is 0 Å². The molecular formula is C11H18FN3O2S. The van der Waals surface area contributed by atoms with Crippen LogP contribution >= 0.6 is 0 Å². The second-order valence-electron chi connectivity index (χ2n) is 4.14. The Labute approximate surface area is 107 Å². The molecule has 0 aromatic carbocycles. The van der Waals surface area contributed by atoms with Crippen LogP contribution in [0.5, 0.6) is 0 Å². The number of hydrogen-bond donors (Lipinski definition) is 2. The van der Waals surface area contributed by atoms with Crippen molar-refractivity contribution in [2.24, 2.45) is 5.73 Å². The highest BCUT2D eigenvalue weighted by atomic mass is 32.2. The van der Waals surface area contributed by atoms with Gasteiger partial charge in [-0.25, -0.2) is 17.5 Å². The van der Waals surface area contributed by atoms with Crippen LogP contribution in [0.25, 0.3) is 0 Å². The molecular weight excluding hydrogens is 257 g/mol. The van der Waals surface area contributed by atoms with Gasteiger partial charge in [-0.15, -0.1) is 0 Å². The molecule has 1 aromatic rings. The molecule has 0 atom stereocenters. The highest BCUT2D eigenvalue weighted by Crippen LogP contribution is 2.18. The molecule has 102 valence electrons. The fraction of sp³-hybridized carbons (Fsp3) is 0.545. The minimum atomic E-state index is -3.81. The summed E-state index contributed by atoms with van der Waals surface area (Å²) in [4.78, 5) is 3.34. The lowest BCUT2D eigenvalue weighted by Gasteiger charge is -2.30. The number of nitrogens with one attached hydrogen (secondary N) is 1. The van der Waals surface area contributed by atoms with Gasteiger partial charge in [0.25, 0.3) is 0 Å². The first-order valence-electron chi connectivity index (χ1n) is 5.73. The molecule has 1 heterocycles. The molecule has 5 nitrogen and oxygen atoms in total. The van der Waals surface area contributed by atoms with E-state index in [9.17, 15) is 12.8 Å². The predicted molar refractivity (Wildman–Crippen MR) is 66.9 cm³/mol. The van der Waals surface area contributed by atoms with E-state index in [1.165, 1.54) is 0 Å². The third-order valence-corrected chi connectivity index (χ3v) is 4.63. The van der Waals surface area contributed by atoms with Crippen molar-refractivity contribution in [3.8, 4) is 0 Å². The highest BCUT2D eigenvalue weighted by molar-refractivity contribution is 7.89. The molecule has 0 saturated heterocycles. The van der Waals surface area contributed by atoms with Gasteiger partial charge in [-0.05, 0) is 18.9 Å². The Morgan fingerprint density at radius 2 is 2.00 bits per heavy atom. The van der Waals surface area contributed by atoms with E-state index in [1.807, 2.05) is 13.8 Å². The summed E-state index contributed by atoms with van der Waals surface area (Å²) in [6.45, 7) is 3.88. The van der Waals surface area contributed by atoms with Gasteiger partial charge < -0.3 is 5.73 Å². The maximum Gasteiger partial charge on any atom is 0.242 e. The predicted octanol–water partition coefficient (Wildman–Crippen LogP) is 1.02. The van der Waals surface area contributed by atoms with Gasteiger partial charge in [-0.1, -0.05) is 13.8 Å². The van der Waals surface area contributed by atoms with Crippen molar-refractivity contribution in [2.45, 2.75) is 37.1 Å². The molecule has 1 aromatic heterocycles. The summed E-state index contributed by atoms with van der Waals surface area (Å²) in [7, 11) is -3.81. The third-order valence-electron chi connectivity index (χ3n) is 3.09. The van der Waals surface area contributed by atoms with Crippen molar-refractivity contribution in [3.63, 3.8) is 0 Å². The average Bonchev–Trinajstić information content (AvgIpc) is 2.36. The third kappa shape index (κ3) is 3.24. The fourth-order valence-corrected chi connectivity index (χ4v) is 3.14. The van der Waals surface area contributed by atoms with E-state index in [1.54, 1.807) is 0 Å². The Balaban J connectivity index is 3.08. The molecule has 0 unspecified atom stereocenters. The Hall–Kier alpha value is -1.05. The average molecular weight is 275 g/mol. The summed E-state index contributed by atoms with van der Waals surface area (Å²) >= 11 is 0. The zero-order valence-corrected chi connectivity index (χ0v) is 11.3. The summed E-state index contributed by atoms with van der Waals surface area (Å²) in [6.07, 6.45) is 3.18. The number of aromatic nitrogens is 1. The Bertz CT molecular complexity index is 493. The lowest BCUT2D eigenvalue weighted by atomic mass is 9.95. The lowest BCUT2D eigenvalue weighted by Crippen LogP contribution is -2.52. The van der Waals surface area contributed by atoms with Gasteiger partial charge in [0.1, 0.15) is 10.7 Å². The SMILES string of the molecule is CCC(CC)(CN)NS(=O)(=O)c1cncc(F)c1. The van der Waals surface area contributed by atoms with Crippen molar-refractivity contribution >= 4 is 10.0 Å². The molecule has 0 fully saturated rings. The number of halogens is 1. The maximum atomic E-state index is 13.0. The molecule has 18 heavy (non-hydrogen) atoms. The van der Waals surface area contributed by atoms with E-state index < -0.39 is 21.4 Å². The Morgan fingerprint density at radius 3 is 2.44 bits per heavy atom. The van der Waals surface area contributed by atoms with E-state index in [4.69, 9.17) is 5.73 Å². The molecule has 0 spiro atoms. The van der Waals surface area contributed by atoms with Crippen molar-refractivity contribution in [1.82, 2.24) is 9.71 Å². The number of hydrogen-bond acceptors (Lipinski definition) is 4. The number of nitrogens with zero attached hydrogens (tertiary/aromatic N) is 1. The van der Waals surface area contributed by atoms with Gasteiger partial charge in [0, 0.05) is 18.3 Å². The monoisotopic (exact) mass is 275 g/mol. The molecule has 0 aliphatic rings. The van der Waals surface area contributed by atoms with Crippen molar-refractivity contribution in [2.75, 3.05) is 6.54 Å². The maximum absolute atomic E-state index is 13.0. The van der Waals surface area contributed by atoms with Crippen LogP contribution in [-0.2, 0) is 10.0 Å². The van der Waals surface area contributed by atoms with Crippen LogP contribution in [0.2, 0.25) is 0 Å². The van der Waals surface area contributed by atoms with Crippen LogP contribution in [0.15, 0.2) is 23.4 Å². The molecule has 0 bridgehead atoms. The van der Waals surface area contributed by atoms with Gasteiger partial charge in [0.15, 0.2) is 0 Å². The van der Waals surface area contributed by atoms with E-state index >= 15 is 0 Å². The fourth-order valence-electron chi connectivity index (χ4n) is 1.61. The van der Waals surface area contributed by atoms with Crippen LogP contribution in [0, 0.1) is 5.82 Å². The zero-order chi connectivity index (χ0) is 13.8. The second-order valence-corrected chi connectivity index (χ2v) is 5.82. The van der Waals surface area contributed by atoms with Gasteiger partial charge in [-0.2, -0.15) is 0 Å². The number of sulfonamides is 1. The molecule has 0 aliphatic heterocycles. The Kier molecular flexibility index (Phi) is 4.78. The van der Waals surface area contributed by atoms with Crippen LogP contribution < -0.4 is 10.5 Å². The van der Waals surface area contributed by atoms with Gasteiger partial charge in [0.05, 0.1) is 6.20 Å². The molecule has 0 radical (unpaired) electrons. The van der Waals surface area contributed by atoms with E-state index in [0.717, 1.165) is 18.5 Å². The summed E-state index contributed by atoms with van der Waals surface area (Å²) < 4.78 is 39.7. The van der Waals surface area contributed by atoms with Crippen LogP contribution in [-0.4, -0.2) is 25.5 Å². The minimum absolute atomic E-state index is 0.183. The first kappa shape index (κ1) is 15.0. The largest absolute Gasteiger partial charge is 0.329 e. The molecule has 0 amide bonds. The number of pyridine rings is 1. The van der Waals surface area contributed by atoms with E-state index in [2.05, 4.69) is 9.71 Å². The van der Waals surface area contributed by atoms with Crippen molar-refractivity contribution in [3.05, 3.63) is 24.3 Å².